The van der Waals surface area contributed by atoms with Crippen molar-refractivity contribution in [1.82, 2.24) is 0 Å². The lowest BCUT2D eigenvalue weighted by Gasteiger charge is -2.50. The summed E-state index contributed by atoms with van der Waals surface area (Å²) in [6.07, 6.45) is 1.34. The summed E-state index contributed by atoms with van der Waals surface area (Å²) in [6.45, 7) is 1.51. The molecule has 0 unspecified atom stereocenters. The molecule has 6 fully saturated rings. The van der Waals surface area contributed by atoms with Gasteiger partial charge in [0.1, 0.15) is 0 Å². The van der Waals surface area contributed by atoms with Crippen molar-refractivity contribution in [3.63, 3.8) is 0 Å². The second-order valence-corrected chi connectivity index (χ2v) is 6.76. The van der Waals surface area contributed by atoms with E-state index in [9.17, 15) is 5.21 Å². The third kappa shape index (κ3) is 0.557. The number of hydrogen-bond donors (Lipinski definition) is 1. The van der Waals surface area contributed by atoms with Gasteiger partial charge < -0.3 is 14.7 Å². The molecule has 6 aliphatic rings. The average molecular weight is 233 g/mol. The summed E-state index contributed by atoms with van der Waals surface area (Å²) >= 11 is 0. The summed E-state index contributed by atoms with van der Waals surface area (Å²) in [5.41, 5.74) is 1.11. The Bertz CT molecular complexity index is 469. The van der Waals surface area contributed by atoms with Gasteiger partial charge in [-0.3, -0.25) is 0 Å². The first-order valence-electron chi connectivity index (χ1n) is 6.88. The van der Waals surface area contributed by atoms with Crippen LogP contribution in [-0.4, -0.2) is 29.9 Å². The number of nitrogens with zero attached hydrogens (tertiary/aromatic N) is 1. The smallest absolute Gasteiger partial charge is 0.175 e. The second kappa shape index (κ2) is 2.16. The van der Waals surface area contributed by atoms with Gasteiger partial charge in [-0.25, -0.2) is 0 Å². The van der Waals surface area contributed by atoms with Gasteiger partial charge in [0.15, 0.2) is 5.79 Å². The summed E-state index contributed by atoms with van der Waals surface area (Å²) in [6, 6.07) is 0. The normalized spacial score (nSPS) is 68.8. The Kier molecular flexibility index (Phi) is 1.08. The molecular weight excluding hydrogens is 218 g/mol. The maximum absolute atomic E-state index is 9.32. The van der Waals surface area contributed by atoms with E-state index in [1.807, 2.05) is 0 Å². The quantitative estimate of drug-likeness (QED) is 0.500. The lowest BCUT2D eigenvalue weighted by atomic mass is 9.58. The van der Waals surface area contributed by atoms with Gasteiger partial charge >= 0.3 is 0 Å². The van der Waals surface area contributed by atoms with Crippen LogP contribution in [-0.2, 0) is 9.47 Å². The van der Waals surface area contributed by atoms with E-state index in [1.165, 1.54) is 6.42 Å². The monoisotopic (exact) mass is 233 g/mol. The lowest BCUT2D eigenvalue weighted by Crippen LogP contribution is -2.58. The van der Waals surface area contributed by atoms with Crippen LogP contribution in [0.15, 0.2) is 5.16 Å². The van der Waals surface area contributed by atoms with Crippen LogP contribution in [0.4, 0.5) is 0 Å². The molecular formula is C13H15NO3. The predicted octanol–water partition coefficient (Wildman–Crippen LogP) is 0.947. The highest BCUT2D eigenvalue weighted by Gasteiger charge is 2.88. The van der Waals surface area contributed by atoms with Crippen molar-refractivity contribution >= 4 is 5.71 Å². The van der Waals surface area contributed by atoms with E-state index in [0.29, 0.717) is 23.7 Å². The zero-order chi connectivity index (χ0) is 10.9. The maximum atomic E-state index is 9.32. The molecule has 4 heteroatoms. The van der Waals surface area contributed by atoms with Crippen LogP contribution in [0, 0.1) is 47.3 Å². The molecule has 1 aliphatic heterocycles. The summed E-state index contributed by atoms with van der Waals surface area (Å²) in [4.78, 5) is 0. The van der Waals surface area contributed by atoms with E-state index < -0.39 is 0 Å². The van der Waals surface area contributed by atoms with Gasteiger partial charge in [-0.15, -0.1) is 0 Å². The van der Waals surface area contributed by atoms with Crippen LogP contribution in [0.5, 0.6) is 0 Å². The maximum Gasteiger partial charge on any atom is 0.175 e. The Balaban J connectivity index is 1.64. The molecule has 1 heterocycles. The minimum absolute atomic E-state index is 0.263. The molecule has 0 radical (unpaired) electrons. The third-order valence-corrected chi connectivity index (χ3v) is 6.97. The Hall–Kier alpha value is -0.610. The first-order chi connectivity index (χ1) is 8.38. The van der Waals surface area contributed by atoms with Gasteiger partial charge in [0, 0.05) is 23.7 Å². The summed E-state index contributed by atoms with van der Waals surface area (Å²) < 4.78 is 12.2. The minimum Gasteiger partial charge on any atom is -0.411 e. The van der Waals surface area contributed by atoms with Crippen LogP contribution in [0.1, 0.15) is 6.42 Å². The van der Waals surface area contributed by atoms with E-state index in [-0.39, 0.29) is 5.79 Å². The summed E-state index contributed by atoms with van der Waals surface area (Å²) in [5.74, 6) is 4.94. The molecule has 2 bridgehead atoms. The Morgan fingerprint density at radius 3 is 2.65 bits per heavy atom. The fraction of sp³-hybridized carbons (Fsp3) is 0.923. The molecule has 4 nitrogen and oxygen atoms in total. The van der Waals surface area contributed by atoms with E-state index in [0.717, 1.165) is 42.6 Å². The molecule has 1 N–H and O–H groups in total. The van der Waals surface area contributed by atoms with Crippen molar-refractivity contribution in [2.24, 2.45) is 52.5 Å². The fourth-order valence-electron chi connectivity index (χ4n) is 7.11. The highest BCUT2D eigenvalue weighted by molar-refractivity contribution is 5.96. The molecule has 5 saturated carbocycles. The van der Waals surface area contributed by atoms with E-state index in [4.69, 9.17) is 9.47 Å². The van der Waals surface area contributed by atoms with Crippen LogP contribution in [0.3, 0.4) is 0 Å². The number of hydrogen-bond acceptors (Lipinski definition) is 4. The largest absolute Gasteiger partial charge is 0.411 e. The summed E-state index contributed by atoms with van der Waals surface area (Å²) in [7, 11) is 0. The van der Waals surface area contributed by atoms with Crippen molar-refractivity contribution in [2.75, 3.05) is 13.2 Å². The first-order valence-corrected chi connectivity index (χ1v) is 6.88. The molecule has 90 valence electrons. The van der Waals surface area contributed by atoms with Crippen LogP contribution < -0.4 is 0 Å². The molecule has 17 heavy (non-hydrogen) atoms. The van der Waals surface area contributed by atoms with Gasteiger partial charge in [-0.1, -0.05) is 5.16 Å². The van der Waals surface area contributed by atoms with Gasteiger partial charge in [-0.05, 0) is 30.1 Å². The number of fused-ring (bicyclic) bond motifs is 4. The number of rotatable bonds is 0. The number of ether oxygens (including phenoxy) is 2. The average Bonchev–Trinajstić information content (AvgIpc) is 2.95. The SMILES string of the molecule is O/N=C1/[C@@H]2[C@H]3[C@@H]4C[C@@H]5[C@H]3[C@H]2C2(OCCO2)[C@@H]5[C@@H]14. The molecule has 5 aliphatic carbocycles. The fourth-order valence-corrected chi connectivity index (χ4v) is 7.11. The van der Waals surface area contributed by atoms with Crippen molar-refractivity contribution in [3.8, 4) is 0 Å². The van der Waals surface area contributed by atoms with E-state index in [2.05, 4.69) is 5.16 Å². The van der Waals surface area contributed by atoms with Crippen LogP contribution >= 0.6 is 0 Å². The van der Waals surface area contributed by atoms with E-state index in [1.54, 1.807) is 0 Å². The van der Waals surface area contributed by atoms with Crippen molar-refractivity contribution < 1.29 is 14.7 Å². The van der Waals surface area contributed by atoms with Crippen LogP contribution in [0.25, 0.3) is 0 Å². The first kappa shape index (κ1) is 8.48. The van der Waals surface area contributed by atoms with Crippen molar-refractivity contribution in [1.29, 1.82) is 0 Å². The van der Waals surface area contributed by atoms with Gasteiger partial charge in [0.2, 0.25) is 0 Å². The third-order valence-electron chi connectivity index (χ3n) is 6.97. The second-order valence-electron chi connectivity index (χ2n) is 6.76. The van der Waals surface area contributed by atoms with Crippen LogP contribution in [0.2, 0.25) is 0 Å². The van der Waals surface area contributed by atoms with E-state index >= 15 is 0 Å². The Morgan fingerprint density at radius 1 is 1.06 bits per heavy atom. The standard InChI is InChI=1S/C13H15NO3/c15-14-12-8-4-3-5-7-6(4)9(12)11(7)13(10(5)8)16-1-2-17-13/h4-11,15H,1-3H2/b14-12+/t4-,5+,6-,7+,8-,9+,10-,11+/m0/s1. The Morgan fingerprint density at radius 2 is 1.88 bits per heavy atom. The molecule has 1 saturated heterocycles. The van der Waals surface area contributed by atoms with Crippen molar-refractivity contribution in [3.05, 3.63) is 0 Å². The van der Waals surface area contributed by atoms with Gasteiger partial charge in [-0.2, -0.15) is 0 Å². The predicted molar refractivity (Wildman–Crippen MR) is 56.4 cm³/mol. The summed E-state index contributed by atoms with van der Waals surface area (Å²) in [5, 5.41) is 13.0. The molecule has 8 atom stereocenters. The molecule has 0 aromatic rings. The van der Waals surface area contributed by atoms with Gasteiger partial charge in [0.25, 0.3) is 0 Å². The molecule has 6 rings (SSSR count). The highest BCUT2D eigenvalue weighted by atomic mass is 16.7. The topological polar surface area (TPSA) is 51.1 Å². The molecule has 1 spiro atoms. The zero-order valence-electron chi connectivity index (χ0n) is 9.45. The minimum atomic E-state index is -0.263. The molecule has 0 aromatic carbocycles. The zero-order valence-corrected chi connectivity index (χ0v) is 9.45. The Labute approximate surface area is 99.0 Å². The highest BCUT2D eigenvalue weighted by Crippen LogP contribution is 2.85. The number of oxime groups is 1. The lowest BCUT2D eigenvalue weighted by molar-refractivity contribution is -0.241. The molecule has 0 aromatic heterocycles. The van der Waals surface area contributed by atoms with Crippen molar-refractivity contribution in [2.45, 2.75) is 12.2 Å². The molecule has 0 amide bonds. The van der Waals surface area contributed by atoms with Gasteiger partial charge in [0.05, 0.1) is 18.9 Å².